The Labute approximate surface area is 236 Å². The lowest BCUT2D eigenvalue weighted by molar-refractivity contribution is -0.136. The van der Waals surface area contributed by atoms with Crippen molar-refractivity contribution in [3.63, 3.8) is 0 Å². The highest BCUT2D eigenvalue weighted by Crippen LogP contribution is 2.27. The second-order valence-electron chi connectivity index (χ2n) is 10.8. The highest BCUT2D eigenvalue weighted by atomic mass is 32.2. The molecule has 0 fully saturated rings. The first-order valence-electron chi connectivity index (χ1n) is 13.4. The van der Waals surface area contributed by atoms with E-state index in [1.54, 1.807) is 24.3 Å². The number of benzene rings is 3. The molecule has 3 aromatic rings. The van der Waals surface area contributed by atoms with Gasteiger partial charge >= 0.3 is 5.97 Å². The molecule has 0 aliphatic carbocycles. The van der Waals surface area contributed by atoms with E-state index in [9.17, 15) is 18.3 Å². The van der Waals surface area contributed by atoms with Crippen LogP contribution in [0.2, 0.25) is 0 Å². The highest BCUT2D eigenvalue weighted by Gasteiger charge is 2.27. The number of halogens is 1. The van der Waals surface area contributed by atoms with Crippen LogP contribution in [0.4, 0.5) is 4.39 Å². The number of carbonyl (C=O) groups is 1. The van der Waals surface area contributed by atoms with Crippen LogP contribution in [0, 0.1) is 5.82 Å². The van der Waals surface area contributed by atoms with Crippen LogP contribution in [-0.4, -0.2) is 60.7 Å². The summed E-state index contributed by atoms with van der Waals surface area (Å²) in [6.07, 6.45) is 2.14. The Morgan fingerprint density at radius 3 is 2.33 bits per heavy atom. The van der Waals surface area contributed by atoms with E-state index in [1.165, 1.54) is 24.7 Å². The van der Waals surface area contributed by atoms with Gasteiger partial charge in [-0.05, 0) is 73.9 Å². The third-order valence-corrected chi connectivity index (χ3v) is 8.76. The monoisotopic (exact) mass is 570 g/mol. The number of sulfonamides is 1. The molecule has 40 heavy (non-hydrogen) atoms. The molecular formula is C31H39FN2O5S. The Balaban J connectivity index is 1.57. The highest BCUT2D eigenvalue weighted by molar-refractivity contribution is 7.89. The quantitative estimate of drug-likeness (QED) is 0.240. The van der Waals surface area contributed by atoms with Crippen LogP contribution in [0.1, 0.15) is 44.2 Å². The van der Waals surface area contributed by atoms with Gasteiger partial charge in [0.1, 0.15) is 10.7 Å². The summed E-state index contributed by atoms with van der Waals surface area (Å²) in [5.74, 6) is -1.80. The molecular weight excluding hydrogens is 531 g/mol. The van der Waals surface area contributed by atoms with Crippen LogP contribution >= 0.6 is 0 Å². The van der Waals surface area contributed by atoms with E-state index >= 15 is 4.39 Å². The van der Waals surface area contributed by atoms with Gasteiger partial charge in [0.05, 0.1) is 6.10 Å². The molecule has 0 aliphatic rings. The van der Waals surface area contributed by atoms with Crippen molar-refractivity contribution >= 4 is 16.0 Å². The Kier molecular flexibility index (Phi) is 11.0. The molecule has 7 nitrogen and oxygen atoms in total. The van der Waals surface area contributed by atoms with Crippen molar-refractivity contribution in [1.82, 2.24) is 9.62 Å². The number of nitrogens with zero attached hydrogens (tertiary/aromatic N) is 1. The number of likely N-dealkylation sites (N-methyl/N-ethyl adjacent to an activating group) is 1. The van der Waals surface area contributed by atoms with Crippen LogP contribution in [0.5, 0.6) is 0 Å². The van der Waals surface area contributed by atoms with E-state index in [0.29, 0.717) is 17.5 Å². The van der Waals surface area contributed by atoms with Gasteiger partial charge in [-0.15, -0.1) is 0 Å². The number of hydrogen-bond donors (Lipinski definition) is 3. The first-order chi connectivity index (χ1) is 18.9. The van der Waals surface area contributed by atoms with Crippen molar-refractivity contribution in [1.29, 1.82) is 0 Å². The van der Waals surface area contributed by atoms with Crippen molar-refractivity contribution in [2.75, 3.05) is 20.1 Å². The van der Waals surface area contributed by atoms with E-state index < -0.39 is 32.8 Å². The van der Waals surface area contributed by atoms with Crippen molar-refractivity contribution in [2.24, 2.45) is 0 Å². The maximum atomic E-state index is 15.1. The van der Waals surface area contributed by atoms with Crippen molar-refractivity contribution < 1.29 is 27.8 Å². The molecule has 0 radical (unpaired) electrons. The van der Waals surface area contributed by atoms with Crippen molar-refractivity contribution in [3.8, 4) is 11.1 Å². The molecule has 0 saturated carbocycles. The molecule has 0 bridgehead atoms. The summed E-state index contributed by atoms with van der Waals surface area (Å²) in [6.45, 7) is 4.09. The summed E-state index contributed by atoms with van der Waals surface area (Å²) < 4.78 is 42.3. The standard InChI is InChI=1S/C31H39FN2O5S/c1-31(2,18-8-12-23-9-5-4-6-10-23)33-21-27(35)22-34(3)40(38,39)29-16-15-26(20-28(29)32)25-13-7-11-24(19-25)14-17-30(36)37/h4-7,9-11,13,15-16,19-20,27,33,35H,8,12,14,17-18,21-22H2,1-3H3,(H,36,37). The third kappa shape index (κ3) is 9.23. The average molecular weight is 571 g/mol. The summed E-state index contributed by atoms with van der Waals surface area (Å²) in [6, 6.07) is 21.2. The molecule has 0 aliphatic heterocycles. The lowest BCUT2D eigenvalue weighted by atomic mass is 9.95. The molecule has 3 rings (SSSR count). The molecule has 3 N–H and O–H groups in total. The Morgan fingerprint density at radius 1 is 0.975 bits per heavy atom. The van der Waals surface area contributed by atoms with Gasteiger partial charge < -0.3 is 15.5 Å². The number of aryl methyl sites for hydroxylation is 2. The number of β-amino-alcohol motifs (C(OH)–C–C–N with tert-alkyl or cyclic N) is 1. The fourth-order valence-electron chi connectivity index (χ4n) is 4.54. The zero-order valence-corrected chi connectivity index (χ0v) is 24.1. The second-order valence-corrected chi connectivity index (χ2v) is 12.8. The number of rotatable bonds is 15. The van der Waals surface area contributed by atoms with Crippen LogP contribution < -0.4 is 5.32 Å². The number of aliphatic carboxylic acids is 1. The predicted molar refractivity (Wildman–Crippen MR) is 155 cm³/mol. The smallest absolute Gasteiger partial charge is 0.303 e. The third-order valence-electron chi connectivity index (χ3n) is 6.90. The zero-order chi connectivity index (χ0) is 29.3. The largest absolute Gasteiger partial charge is 0.481 e. The van der Waals surface area contributed by atoms with Gasteiger partial charge in [0.15, 0.2) is 0 Å². The van der Waals surface area contributed by atoms with Crippen LogP contribution in [0.3, 0.4) is 0 Å². The maximum absolute atomic E-state index is 15.1. The van der Waals surface area contributed by atoms with Crippen LogP contribution in [0.15, 0.2) is 77.7 Å². The second kappa shape index (κ2) is 14.0. The molecule has 1 atom stereocenters. The predicted octanol–water partition coefficient (Wildman–Crippen LogP) is 4.88. The van der Waals surface area contributed by atoms with E-state index in [2.05, 4.69) is 17.4 Å². The normalized spacial score (nSPS) is 12.9. The number of carboxylic acids is 1. The van der Waals surface area contributed by atoms with Gasteiger partial charge in [0.2, 0.25) is 10.0 Å². The molecule has 0 aromatic heterocycles. The summed E-state index contributed by atoms with van der Waals surface area (Å²) in [7, 11) is -2.86. The summed E-state index contributed by atoms with van der Waals surface area (Å²) in [5.41, 5.74) is 2.95. The van der Waals surface area contributed by atoms with Gasteiger partial charge in [-0.3, -0.25) is 4.79 Å². The number of nitrogens with one attached hydrogen (secondary N) is 1. The first-order valence-corrected chi connectivity index (χ1v) is 14.9. The van der Waals surface area contributed by atoms with Gasteiger partial charge in [0.25, 0.3) is 0 Å². The molecule has 216 valence electrons. The van der Waals surface area contributed by atoms with Crippen molar-refractivity contribution in [2.45, 2.75) is 62.5 Å². The van der Waals surface area contributed by atoms with Crippen LogP contribution in [-0.2, 0) is 27.7 Å². The van der Waals surface area contributed by atoms with Gasteiger partial charge in [-0.2, -0.15) is 4.31 Å². The molecule has 0 spiro atoms. The Hall–Kier alpha value is -3.11. The SMILES string of the molecule is CN(CC(O)CNC(C)(C)CCCc1ccccc1)S(=O)(=O)c1ccc(-c2cccc(CCC(=O)O)c2)cc1F. The molecule has 0 amide bonds. The number of carboxylic acid groups (broad SMARTS) is 1. The fraction of sp³-hybridized carbons (Fsp3) is 0.387. The summed E-state index contributed by atoms with van der Waals surface area (Å²) in [4.78, 5) is 10.4. The minimum atomic E-state index is -4.18. The van der Waals surface area contributed by atoms with E-state index in [0.717, 1.165) is 35.2 Å². The van der Waals surface area contributed by atoms with Gasteiger partial charge in [0, 0.05) is 32.1 Å². The minimum absolute atomic E-state index is 0.0194. The number of aliphatic hydroxyl groups excluding tert-OH is 1. The maximum Gasteiger partial charge on any atom is 0.303 e. The lowest BCUT2D eigenvalue weighted by Crippen LogP contribution is -2.46. The molecule has 9 heteroatoms. The fourth-order valence-corrected chi connectivity index (χ4v) is 5.79. The zero-order valence-electron chi connectivity index (χ0n) is 23.3. The Morgan fingerprint density at radius 2 is 1.65 bits per heavy atom. The molecule has 1 unspecified atom stereocenters. The molecule has 0 saturated heterocycles. The van der Waals surface area contributed by atoms with E-state index in [-0.39, 0.29) is 25.0 Å². The van der Waals surface area contributed by atoms with Crippen LogP contribution in [0.25, 0.3) is 11.1 Å². The van der Waals surface area contributed by atoms with Crippen molar-refractivity contribution in [3.05, 3.63) is 89.7 Å². The van der Waals surface area contributed by atoms with E-state index in [4.69, 9.17) is 5.11 Å². The lowest BCUT2D eigenvalue weighted by Gasteiger charge is -2.29. The molecule has 0 heterocycles. The average Bonchev–Trinajstić information content (AvgIpc) is 2.91. The van der Waals surface area contributed by atoms with Gasteiger partial charge in [-0.1, -0.05) is 60.7 Å². The molecule has 3 aromatic carbocycles. The number of aliphatic hydroxyl groups is 1. The van der Waals surface area contributed by atoms with E-state index in [1.807, 2.05) is 32.0 Å². The Bertz CT molecular complexity index is 1380. The number of hydrogen-bond acceptors (Lipinski definition) is 5. The summed E-state index contributed by atoms with van der Waals surface area (Å²) in [5, 5.41) is 22.8. The summed E-state index contributed by atoms with van der Waals surface area (Å²) >= 11 is 0. The topological polar surface area (TPSA) is 107 Å². The van der Waals surface area contributed by atoms with Gasteiger partial charge in [-0.25, -0.2) is 12.8 Å². The first kappa shape index (κ1) is 31.4. The minimum Gasteiger partial charge on any atom is -0.481 e.